The lowest BCUT2D eigenvalue weighted by atomic mass is 10.0. The first-order valence-corrected chi connectivity index (χ1v) is 13.0. The molecule has 0 saturated heterocycles. The van der Waals surface area contributed by atoms with Crippen LogP contribution in [0.15, 0.2) is 48.5 Å². The van der Waals surface area contributed by atoms with Gasteiger partial charge >= 0.3 is 11.9 Å². The quantitative estimate of drug-likeness (QED) is 0.121. The standard InChI is InChI=1S/C30H38O6/c1-33-27(31)19-7-3-5-13-21-35-29-23-15-9-11-17-25(23)30(26-18-12-10-16-24(26)29)36-22-14-6-4-8-20-28(32)34-2/h9-12,15-18H,3-8,13-14,19-22H2,1-2H3. The first-order chi connectivity index (χ1) is 17.7. The molecule has 0 aliphatic carbocycles. The number of benzene rings is 3. The summed E-state index contributed by atoms with van der Waals surface area (Å²) in [6.07, 6.45) is 8.47. The fourth-order valence-electron chi connectivity index (χ4n) is 4.36. The van der Waals surface area contributed by atoms with E-state index in [4.69, 9.17) is 18.9 Å². The molecule has 3 aromatic rings. The minimum absolute atomic E-state index is 0.148. The Morgan fingerprint density at radius 1 is 0.528 bits per heavy atom. The van der Waals surface area contributed by atoms with Crippen LogP contribution in [-0.2, 0) is 19.1 Å². The number of hydrogen-bond acceptors (Lipinski definition) is 6. The predicted molar refractivity (Wildman–Crippen MR) is 143 cm³/mol. The van der Waals surface area contributed by atoms with Gasteiger partial charge in [0.05, 0.1) is 27.4 Å². The first kappa shape index (κ1) is 27.3. The molecule has 0 saturated carbocycles. The number of rotatable bonds is 16. The van der Waals surface area contributed by atoms with Crippen LogP contribution in [0.5, 0.6) is 11.5 Å². The smallest absolute Gasteiger partial charge is 0.305 e. The average Bonchev–Trinajstić information content (AvgIpc) is 2.92. The van der Waals surface area contributed by atoms with Gasteiger partial charge in [-0.3, -0.25) is 9.59 Å². The molecule has 0 bridgehead atoms. The SMILES string of the molecule is COC(=O)CCCCCCOc1c2ccccc2c(OCCCCCCC(=O)OC)c2ccccc12. The minimum Gasteiger partial charge on any atom is -0.492 e. The zero-order valence-corrected chi connectivity index (χ0v) is 21.6. The zero-order chi connectivity index (χ0) is 25.6. The van der Waals surface area contributed by atoms with Crippen LogP contribution in [0.25, 0.3) is 21.5 Å². The molecule has 0 fully saturated rings. The number of unbranched alkanes of at least 4 members (excludes halogenated alkanes) is 6. The van der Waals surface area contributed by atoms with Gasteiger partial charge in [-0.05, 0) is 25.7 Å². The molecule has 3 rings (SSSR count). The normalized spacial score (nSPS) is 10.9. The Hall–Kier alpha value is -3.28. The molecular formula is C30H38O6. The van der Waals surface area contributed by atoms with Gasteiger partial charge in [0, 0.05) is 34.4 Å². The molecule has 6 nitrogen and oxygen atoms in total. The molecular weight excluding hydrogens is 456 g/mol. The number of carbonyl (C=O) groups excluding carboxylic acids is 2. The highest BCUT2D eigenvalue weighted by Gasteiger charge is 2.15. The molecule has 3 aromatic carbocycles. The lowest BCUT2D eigenvalue weighted by Crippen LogP contribution is -2.03. The van der Waals surface area contributed by atoms with Crippen molar-refractivity contribution in [3.63, 3.8) is 0 Å². The van der Waals surface area contributed by atoms with E-state index in [2.05, 4.69) is 24.3 Å². The van der Waals surface area contributed by atoms with Crippen molar-refractivity contribution in [2.45, 2.75) is 64.2 Å². The summed E-state index contributed by atoms with van der Waals surface area (Å²) in [5.41, 5.74) is 0. The third-order valence-electron chi connectivity index (χ3n) is 6.33. The van der Waals surface area contributed by atoms with Gasteiger partial charge in [0.2, 0.25) is 0 Å². The van der Waals surface area contributed by atoms with Gasteiger partial charge in [-0.2, -0.15) is 0 Å². The maximum absolute atomic E-state index is 11.2. The van der Waals surface area contributed by atoms with E-state index >= 15 is 0 Å². The molecule has 36 heavy (non-hydrogen) atoms. The Balaban J connectivity index is 1.63. The Labute approximate surface area is 213 Å². The van der Waals surface area contributed by atoms with Crippen molar-refractivity contribution in [2.75, 3.05) is 27.4 Å². The van der Waals surface area contributed by atoms with Crippen LogP contribution in [0.1, 0.15) is 64.2 Å². The molecule has 6 heteroatoms. The summed E-state index contributed by atoms with van der Waals surface area (Å²) < 4.78 is 22.1. The Kier molecular flexibility index (Phi) is 11.4. The molecule has 194 valence electrons. The van der Waals surface area contributed by atoms with Crippen LogP contribution in [-0.4, -0.2) is 39.4 Å². The molecule has 0 amide bonds. The Morgan fingerprint density at radius 3 is 1.19 bits per heavy atom. The highest BCUT2D eigenvalue weighted by molar-refractivity contribution is 6.11. The van der Waals surface area contributed by atoms with Gasteiger partial charge < -0.3 is 18.9 Å². The second kappa shape index (κ2) is 15.0. The van der Waals surface area contributed by atoms with Gasteiger partial charge in [-0.1, -0.05) is 74.2 Å². The number of hydrogen-bond donors (Lipinski definition) is 0. The number of esters is 2. The van der Waals surface area contributed by atoms with Crippen molar-refractivity contribution in [1.29, 1.82) is 0 Å². The third-order valence-corrected chi connectivity index (χ3v) is 6.33. The van der Waals surface area contributed by atoms with Gasteiger partial charge in [0.25, 0.3) is 0 Å². The Bertz CT molecular complexity index is 978. The predicted octanol–water partition coefficient (Wildman–Crippen LogP) is 7.00. The highest BCUT2D eigenvalue weighted by Crippen LogP contribution is 2.42. The van der Waals surface area contributed by atoms with Crippen LogP contribution >= 0.6 is 0 Å². The fraction of sp³-hybridized carbons (Fsp3) is 0.467. The number of fused-ring (bicyclic) bond motifs is 2. The number of carbonyl (C=O) groups is 2. The highest BCUT2D eigenvalue weighted by atomic mass is 16.5. The maximum atomic E-state index is 11.2. The van der Waals surface area contributed by atoms with Gasteiger partial charge in [0.1, 0.15) is 11.5 Å². The van der Waals surface area contributed by atoms with Crippen LogP contribution in [0.3, 0.4) is 0 Å². The van der Waals surface area contributed by atoms with E-state index in [1.807, 2.05) is 24.3 Å². The van der Waals surface area contributed by atoms with E-state index < -0.39 is 0 Å². The molecule has 0 N–H and O–H groups in total. The second-order valence-electron chi connectivity index (χ2n) is 8.93. The molecule has 0 atom stereocenters. The maximum Gasteiger partial charge on any atom is 0.305 e. The van der Waals surface area contributed by atoms with E-state index in [1.54, 1.807) is 0 Å². The summed E-state index contributed by atoms with van der Waals surface area (Å²) in [6.45, 7) is 1.25. The number of ether oxygens (including phenoxy) is 4. The van der Waals surface area contributed by atoms with Crippen LogP contribution < -0.4 is 9.47 Å². The summed E-state index contributed by atoms with van der Waals surface area (Å²) >= 11 is 0. The van der Waals surface area contributed by atoms with Gasteiger partial charge in [-0.15, -0.1) is 0 Å². The van der Waals surface area contributed by atoms with Crippen molar-refractivity contribution in [1.82, 2.24) is 0 Å². The zero-order valence-electron chi connectivity index (χ0n) is 21.6. The van der Waals surface area contributed by atoms with Crippen molar-refractivity contribution >= 4 is 33.5 Å². The lowest BCUT2D eigenvalue weighted by molar-refractivity contribution is -0.141. The average molecular weight is 495 g/mol. The molecule has 0 aromatic heterocycles. The summed E-state index contributed by atoms with van der Waals surface area (Å²) in [5, 5.41) is 4.20. The van der Waals surface area contributed by atoms with Crippen LogP contribution in [0.4, 0.5) is 0 Å². The van der Waals surface area contributed by atoms with Gasteiger partial charge in [-0.25, -0.2) is 0 Å². The molecule has 0 unspecified atom stereocenters. The van der Waals surface area contributed by atoms with E-state index in [0.29, 0.717) is 26.1 Å². The Morgan fingerprint density at radius 2 is 0.861 bits per heavy atom. The van der Waals surface area contributed by atoms with E-state index in [1.165, 1.54) is 14.2 Å². The van der Waals surface area contributed by atoms with Crippen molar-refractivity contribution in [2.24, 2.45) is 0 Å². The third kappa shape index (κ3) is 7.87. The molecule has 0 aliphatic rings. The van der Waals surface area contributed by atoms with Crippen molar-refractivity contribution in [3.05, 3.63) is 48.5 Å². The van der Waals surface area contributed by atoms with E-state index in [9.17, 15) is 9.59 Å². The van der Waals surface area contributed by atoms with E-state index in [0.717, 1.165) is 84.4 Å². The fourth-order valence-corrected chi connectivity index (χ4v) is 4.36. The molecule has 0 aliphatic heterocycles. The summed E-state index contributed by atoms with van der Waals surface area (Å²) in [4.78, 5) is 22.5. The van der Waals surface area contributed by atoms with Gasteiger partial charge in [0.15, 0.2) is 0 Å². The summed E-state index contributed by atoms with van der Waals surface area (Å²) in [7, 11) is 2.86. The monoisotopic (exact) mass is 494 g/mol. The lowest BCUT2D eigenvalue weighted by Gasteiger charge is -2.18. The van der Waals surface area contributed by atoms with Crippen LogP contribution in [0.2, 0.25) is 0 Å². The largest absolute Gasteiger partial charge is 0.492 e. The van der Waals surface area contributed by atoms with Crippen molar-refractivity contribution < 1.29 is 28.5 Å². The molecule has 0 radical (unpaired) electrons. The number of methoxy groups -OCH3 is 2. The minimum atomic E-state index is -0.148. The summed E-state index contributed by atoms with van der Waals surface area (Å²) in [6, 6.07) is 16.5. The second-order valence-corrected chi connectivity index (χ2v) is 8.93. The van der Waals surface area contributed by atoms with Crippen molar-refractivity contribution in [3.8, 4) is 11.5 Å². The molecule has 0 spiro atoms. The topological polar surface area (TPSA) is 71.1 Å². The first-order valence-electron chi connectivity index (χ1n) is 13.0. The van der Waals surface area contributed by atoms with E-state index in [-0.39, 0.29) is 11.9 Å². The molecule has 0 heterocycles. The summed E-state index contributed by atoms with van der Waals surface area (Å²) in [5.74, 6) is 1.49. The van der Waals surface area contributed by atoms with Crippen LogP contribution in [0, 0.1) is 0 Å².